The van der Waals surface area contributed by atoms with E-state index in [2.05, 4.69) is 0 Å². The Bertz CT molecular complexity index is 521. The summed E-state index contributed by atoms with van der Waals surface area (Å²) in [6.45, 7) is 2.96. The summed E-state index contributed by atoms with van der Waals surface area (Å²) < 4.78 is 6.06. The van der Waals surface area contributed by atoms with Crippen LogP contribution in [-0.2, 0) is 9.59 Å². The van der Waals surface area contributed by atoms with Gasteiger partial charge in [-0.25, -0.2) is 4.79 Å². The molecule has 1 aliphatic rings. The van der Waals surface area contributed by atoms with Crippen LogP contribution in [0.1, 0.15) is 26.2 Å². The predicted octanol–water partition coefficient (Wildman–Crippen LogP) is 0.977. The molecule has 0 aromatic heterocycles. The monoisotopic (exact) mass is 305 g/mol. The van der Waals surface area contributed by atoms with Gasteiger partial charge in [0.2, 0.25) is 6.10 Å². The van der Waals surface area contributed by atoms with Crippen molar-refractivity contribution < 1.29 is 23.9 Å². The lowest BCUT2D eigenvalue weighted by Gasteiger charge is -2.39. The van der Waals surface area contributed by atoms with Crippen LogP contribution < -0.4 is 9.84 Å². The van der Waals surface area contributed by atoms with Gasteiger partial charge < -0.3 is 14.6 Å². The topological polar surface area (TPSA) is 66.4 Å². The summed E-state index contributed by atoms with van der Waals surface area (Å²) in [5, 5.41) is 10.9. The van der Waals surface area contributed by atoms with E-state index in [-0.39, 0.29) is 10.4 Å². The lowest BCUT2D eigenvalue weighted by molar-refractivity contribution is -0.842. The van der Waals surface area contributed by atoms with Crippen LogP contribution in [0, 0.1) is 5.92 Å². The van der Waals surface area contributed by atoms with Gasteiger partial charge in [0.05, 0.1) is 20.1 Å². The number of carbonyl (C=O) groups excluding carboxylic acids is 2. The molecule has 1 fully saturated rings. The molecule has 0 radical (unpaired) electrons. The zero-order chi connectivity index (χ0) is 16.2. The maximum atomic E-state index is 12.8. The fourth-order valence-corrected chi connectivity index (χ4v) is 2.91. The van der Waals surface area contributed by atoms with E-state index in [1.807, 2.05) is 44.3 Å². The second-order valence-corrected chi connectivity index (χ2v) is 6.10. The van der Waals surface area contributed by atoms with Gasteiger partial charge in [-0.2, -0.15) is 0 Å². The summed E-state index contributed by atoms with van der Waals surface area (Å²) in [6, 6.07) is 9.30. The largest absolute Gasteiger partial charge is 0.550 e. The first kappa shape index (κ1) is 16.5. The number of likely N-dealkylation sites (tertiary alicyclic amines) is 1. The van der Waals surface area contributed by atoms with Crippen molar-refractivity contribution in [1.82, 2.24) is 0 Å². The van der Waals surface area contributed by atoms with Crippen LogP contribution in [0.25, 0.3) is 0 Å². The molecule has 22 heavy (non-hydrogen) atoms. The number of aliphatic carboxylic acids is 1. The minimum absolute atomic E-state index is 0.0168. The summed E-state index contributed by atoms with van der Waals surface area (Å²) >= 11 is 0. The number of amides is 1. The Labute approximate surface area is 131 Å². The molecule has 5 heteroatoms. The van der Waals surface area contributed by atoms with E-state index >= 15 is 0 Å². The molecule has 1 saturated heterocycles. The van der Waals surface area contributed by atoms with Gasteiger partial charge in [-0.3, -0.25) is 4.48 Å². The van der Waals surface area contributed by atoms with Gasteiger partial charge in [-0.1, -0.05) is 25.1 Å². The zero-order valence-corrected chi connectivity index (χ0v) is 13.2. The molecule has 0 bridgehead atoms. The van der Waals surface area contributed by atoms with E-state index in [0.717, 1.165) is 0 Å². The van der Waals surface area contributed by atoms with E-state index in [1.54, 1.807) is 0 Å². The molecule has 2 rings (SSSR count). The number of para-hydroxylation sites is 1. The maximum absolute atomic E-state index is 12.8. The van der Waals surface area contributed by atoms with E-state index in [9.17, 15) is 14.7 Å². The van der Waals surface area contributed by atoms with Crippen LogP contribution in [0.5, 0.6) is 5.75 Å². The molecule has 1 aromatic carbocycles. The molecule has 0 aliphatic carbocycles. The average Bonchev–Trinajstić information content (AvgIpc) is 2.53. The number of carbonyl (C=O) groups is 2. The standard InChI is InChI=1S/C17H23NO4/c1-3-15(22-14-7-5-4-6-8-14)16(19)18(2)11-9-13(10-12-18)17(20)21/h4-8,13,15H,3,9-12H2,1-2H3. The highest BCUT2D eigenvalue weighted by atomic mass is 16.5. The molecular weight excluding hydrogens is 282 g/mol. The summed E-state index contributed by atoms with van der Waals surface area (Å²) in [5.41, 5.74) is 0. The molecule has 1 atom stereocenters. The predicted molar refractivity (Wildman–Crippen MR) is 79.8 cm³/mol. The minimum atomic E-state index is -1.01. The van der Waals surface area contributed by atoms with Gasteiger partial charge in [0.15, 0.2) is 0 Å². The smallest absolute Gasteiger partial charge is 0.354 e. The molecule has 5 nitrogen and oxygen atoms in total. The van der Waals surface area contributed by atoms with Crippen molar-refractivity contribution in [3.63, 3.8) is 0 Å². The zero-order valence-electron chi connectivity index (χ0n) is 13.2. The number of ether oxygens (including phenoxy) is 1. The van der Waals surface area contributed by atoms with Gasteiger partial charge in [0.1, 0.15) is 5.75 Å². The second kappa shape index (κ2) is 6.92. The van der Waals surface area contributed by atoms with E-state index in [1.165, 1.54) is 0 Å². The molecule has 1 aromatic rings. The van der Waals surface area contributed by atoms with Crippen LogP contribution >= 0.6 is 0 Å². The van der Waals surface area contributed by atoms with E-state index in [0.29, 0.717) is 38.1 Å². The first-order valence-electron chi connectivity index (χ1n) is 7.78. The molecule has 1 heterocycles. The highest BCUT2D eigenvalue weighted by Gasteiger charge is 2.41. The summed E-state index contributed by atoms with van der Waals surface area (Å²) in [7, 11) is 1.87. The highest BCUT2D eigenvalue weighted by Crippen LogP contribution is 2.25. The molecule has 120 valence electrons. The van der Waals surface area contributed by atoms with Gasteiger partial charge in [-0.15, -0.1) is 0 Å². The number of quaternary nitrogens is 1. The number of nitrogens with zero attached hydrogens (tertiary/aromatic N) is 1. The first-order chi connectivity index (χ1) is 10.5. The Kier molecular flexibility index (Phi) is 5.19. The van der Waals surface area contributed by atoms with Crippen molar-refractivity contribution >= 4 is 11.9 Å². The van der Waals surface area contributed by atoms with Crippen LogP contribution in [0.15, 0.2) is 30.3 Å². The second-order valence-electron chi connectivity index (χ2n) is 6.10. The fourth-order valence-electron chi connectivity index (χ4n) is 2.91. The molecule has 1 unspecified atom stereocenters. The number of piperidine rings is 1. The van der Waals surface area contributed by atoms with Crippen molar-refractivity contribution in [1.29, 1.82) is 0 Å². The summed E-state index contributed by atoms with van der Waals surface area (Å²) in [6.07, 6.45) is 1.04. The number of benzene rings is 1. The van der Waals surface area contributed by atoms with Crippen molar-refractivity contribution in [3.05, 3.63) is 30.3 Å². The third kappa shape index (κ3) is 3.65. The van der Waals surface area contributed by atoms with Crippen LogP contribution in [-0.4, -0.2) is 42.6 Å². The Balaban J connectivity index is 2.03. The lowest BCUT2D eigenvalue weighted by atomic mass is 9.95. The minimum Gasteiger partial charge on any atom is -0.550 e. The van der Waals surface area contributed by atoms with Gasteiger partial charge in [0.25, 0.3) is 0 Å². The molecule has 0 saturated carbocycles. The molecule has 0 spiro atoms. The van der Waals surface area contributed by atoms with Gasteiger partial charge >= 0.3 is 5.91 Å². The number of hydrogen-bond acceptors (Lipinski definition) is 4. The van der Waals surface area contributed by atoms with Crippen molar-refractivity contribution in [2.75, 3.05) is 20.1 Å². The Hall–Kier alpha value is -1.88. The summed E-state index contributed by atoms with van der Waals surface area (Å²) in [4.78, 5) is 23.8. The number of likely N-dealkylation sites (N-methyl/N-ethyl adjacent to an activating group) is 1. The van der Waals surface area contributed by atoms with Gasteiger partial charge in [0, 0.05) is 24.7 Å². The summed E-state index contributed by atoms with van der Waals surface area (Å²) in [5.74, 6) is -0.748. The van der Waals surface area contributed by atoms with Crippen LogP contribution in [0.2, 0.25) is 0 Å². The Morgan fingerprint density at radius 1 is 1.27 bits per heavy atom. The van der Waals surface area contributed by atoms with E-state index < -0.39 is 18.0 Å². The quantitative estimate of drug-likeness (QED) is 0.761. The molecule has 1 aliphatic heterocycles. The SMILES string of the molecule is CCC(Oc1ccccc1)C(=O)[N+]1(C)CCC(C(=O)[O-])CC1. The highest BCUT2D eigenvalue weighted by molar-refractivity contribution is 5.75. The molecular formula is C17H23NO4. The van der Waals surface area contributed by atoms with Crippen molar-refractivity contribution in [3.8, 4) is 5.75 Å². The molecule has 0 N–H and O–H groups in total. The number of carboxylic acid groups (broad SMARTS) is 1. The van der Waals surface area contributed by atoms with Gasteiger partial charge in [-0.05, 0) is 18.6 Å². The normalized spacial score (nSPS) is 26.2. The lowest BCUT2D eigenvalue weighted by Crippen LogP contribution is -2.59. The Morgan fingerprint density at radius 2 is 1.86 bits per heavy atom. The third-order valence-electron chi connectivity index (χ3n) is 4.48. The van der Waals surface area contributed by atoms with E-state index in [4.69, 9.17) is 4.74 Å². The number of hydrogen-bond donors (Lipinski definition) is 0. The van der Waals surface area contributed by atoms with Crippen molar-refractivity contribution in [2.24, 2.45) is 5.92 Å². The van der Waals surface area contributed by atoms with Crippen molar-refractivity contribution in [2.45, 2.75) is 32.3 Å². The molecule has 1 amide bonds. The third-order valence-corrected chi connectivity index (χ3v) is 4.48. The average molecular weight is 305 g/mol. The number of carboxylic acids is 1. The van der Waals surface area contributed by atoms with Crippen LogP contribution in [0.3, 0.4) is 0 Å². The maximum Gasteiger partial charge on any atom is 0.354 e. The number of rotatable bonds is 5. The van der Waals surface area contributed by atoms with Crippen LogP contribution in [0.4, 0.5) is 0 Å². The first-order valence-corrected chi connectivity index (χ1v) is 7.78. The fraction of sp³-hybridized carbons (Fsp3) is 0.529. The Morgan fingerprint density at radius 3 is 2.36 bits per heavy atom.